The van der Waals surface area contributed by atoms with Gasteiger partial charge in [-0.2, -0.15) is 0 Å². The molecular weight excluding hydrogens is 216 g/mol. The maximum absolute atomic E-state index is 5.40. The number of rotatable bonds is 9. The molecule has 0 aliphatic carbocycles. The number of unbranched alkanes of at least 4 members (excludes halogenated alkanes) is 2. The summed E-state index contributed by atoms with van der Waals surface area (Å²) in [6.07, 6.45) is 7.75. The second-order valence-electron chi connectivity index (χ2n) is 4.00. The van der Waals surface area contributed by atoms with Crippen molar-refractivity contribution in [2.45, 2.75) is 46.0 Å². The average molecular weight is 242 g/mol. The molecule has 0 fully saturated rings. The van der Waals surface area contributed by atoms with Gasteiger partial charge in [-0.1, -0.05) is 32.8 Å². The highest BCUT2D eigenvalue weighted by Crippen LogP contribution is 1.99. The Morgan fingerprint density at radius 1 is 1.25 bits per heavy atom. The molecular formula is C13H26N2S. The van der Waals surface area contributed by atoms with Crippen LogP contribution in [0.4, 0.5) is 0 Å². The Hall–Kier alpha value is -0.570. The lowest BCUT2D eigenvalue weighted by Crippen LogP contribution is -2.41. The molecule has 94 valence electrons. The van der Waals surface area contributed by atoms with E-state index in [0.717, 1.165) is 31.2 Å². The molecule has 0 aromatic heterocycles. The summed E-state index contributed by atoms with van der Waals surface area (Å²) in [4.78, 5) is 2.26. The molecule has 3 heteroatoms. The van der Waals surface area contributed by atoms with Crippen LogP contribution in [-0.4, -0.2) is 29.6 Å². The number of nitrogens with zero attached hydrogens (tertiary/aromatic N) is 1. The van der Waals surface area contributed by atoms with E-state index in [-0.39, 0.29) is 0 Å². The fraction of sp³-hybridized carbons (Fsp3) is 0.769. The fourth-order valence-electron chi connectivity index (χ4n) is 1.39. The largest absolute Gasteiger partial charge is 0.363 e. The maximum Gasteiger partial charge on any atom is 0.168 e. The first-order valence-electron chi connectivity index (χ1n) is 6.39. The minimum Gasteiger partial charge on any atom is -0.363 e. The van der Waals surface area contributed by atoms with Crippen LogP contribution in [0.3, 0.4) is 0 Å². The normalized spacial score (nSPS) is 9.88. The van der Waals surface area contributed by atoms with Gasteiger partial charge in [-0.3, -0.25) is 0 Å². The van der Waals surface area contributed by atoms with E-state index in [1.165, 1.54) is 25.7 Å². The van der Waals surface area contributed by atoms with Gasteiger partial charge in [0.25, 0.3) is 0 Å². The van der Waals surface area contributed by atoms with E-state index in [4.69, 9.17) is 12.2 Å². The molecule has 0 aliphatic heterocycles. The van der Waals surface area contributed by atoms with Crippen molar-refractivity contribution >= 4 is 17.3 Å². The van der Waals surface area contributed by atoms with Crippen molar-refractivity contribution in [2.75, 3.05) is 19.6 Å². The van der Waals surface area contributed by atoms with E-state index >= 15 is 0 Å². The predicted octanol–water partition coefficient (Wildman–Crippen LogP) is 3.34. The van der Waals surface area contributed by atoms with Crippen LogP contribution in [0.1, 0.15) is 46.0 Å². The Labute approximate surface area is 106 Å². The zero-order valence-corrected chi connectivity index (χ0v) is 11.6. The van der Waals surface area contributed by atoms with Crippen LogP contribution >= 0.6 is 12.2 Å². The zero-order valence-electron chi connectivity index (χ0n) is 10.8. The van der Waals surface area contributed by atoms with E-state index in [1.54, 1.807) is 0 Å². The van der Waals surface area contributed by atoms with Gasteiger partial charge in [-0.25, -0.2) is 0 Å². The molecule has 16 heavy (non-hydrogen) atoms. The third kappa shape index (κ3) is 7.69. The van der Waals surface area contributed by atoms with Crippen LogP contribution in [0.15, 0.2) is 12.7 Å². The van der Waals surface area contributed by atoms with Crippen LogP contribution in [0.25, 0.3) is 0 Å². The van der Waals surface area contributed by atoms with E-state index in [0.29, 0.717) is 0 Å². The first-order chi connectivity index (χ1) is 7.76. The number of thiocarbonyl (C=S) groups is 1. The summed E-state index contributed by atoms with van der Waals surface area (Å²) >= 11 is 5.40. The summed E-state index contributed by atoms with van der Waals surface area (Å²) in [5, 5.41) is 4.23. The molecule has 2 nitrogen and oxygen atoms in total. The van der Waals surface area contributed by atoms with Gasteiger partial charge in [0.1, 0.15) is 0 Å². The first-order valence-corrected chi connectivity index (χ1v) is 6.80. The lowest BCUT2D eigenvalue weighted by Gasteiger charge is -2.25. The molecule has 0 atom stereocenters. The second-order valence-corrected chi connectivity index (χ2v) is 4.39. The van der Waals surface area contributed by atoms with Gasteiger partial charge in [0, 0.05) is 19.6 Å². The van der Waals surface area contributed by atoms with E-state index in [9.17, 15) is 0 Å². The predicted molar refractivity (Wildman–Crippen MR) is 76.8 cm³/mol. The Morgan fingerprint density at radius 3 is 2.50 bits per heavy atom. The van der Waals surface area contributed by atoms with Gasteiger partial charge in [0.2, 0.25) is 0 Å². The highest BCUT2D eigenvalue weighted by molar-refractivity contribution is 7.80. The van der Waals surface area contributed by atoms with E-state index < -0.39 is 0 Å². The Balaban J connectivity index is 3.93. The summed E-state index contributed by atoms with van der Waals surface area (Å²) < 4.78 is 0. The average Bonchev–Trinajstić information content (AvgIpc) is 2.29. The maximum atomic E-state index is 5.40. The summed E-state index contributed by atoms with van der Waals surface area (Å²) in [5.74, 6) is 0. The highest BCUT2D eigenvalue weighted by atomic mass is 32.1. The minimum atomic E-state index is 0.906. The Kier molecular flexibility index (Phi) is 10.5. The van der Waals surface area contributed by atoms with Crippen LogP contribution in [0, 0.1) is 0 Å². The van der Waals surface area contributed by atoms with Crippen molar-refractivity contribution in [3.8, 4) is 0 Å². The second kappa shape index (κ2) is 10.9. The van der Waals surface area contributed by atoms with Crippen molar-refractivity contribution < 1.29 is 0 Å². The van der Waals surface area contributed by atoms with Gasteiger partial charge < -0.3 is 10.2 Å². The van der Waals surface area contributed by atoms with E-state index in [1.807, 2.05) is 6.08 Å². The molecule has 0 spiro atoms. The van der Waals surface area contributed by atoms with Crippen molar-refractivity contribution in [2.24, 2.45) is 0 Å². The third-order valence-electron chi connectivity index (χ3n) is 2.48. The lowest BCUT2D eigenvalue weighted by atomic mass is 10.3. The summed E-state index contributed by atoms with van der Waals surface area (Å²) in [7, 11) is 0. The lowest BCUT2D eigenvalue weighted by molar-refractivity contribution is 0.407. The standard InChI is InChI=1S/C13H26N2S/c1-4-7-10-14-13(16)15(11-8-5-2)12-9-6-3/h5H,2,4,6-12H2,1,3H3,(H,14,16). The minimum absolute atomic E-state index is 0.906. The van der Waals surface area contributed by atoms with Gasteiger partial charge >= 0.3 is 0 Å². The van der Waals surface area contributed by atoms with Crippen LogP contribution < -0.4 is 5.32 Å². The van der Waals surface area contributed by atoms with Crippen molar-refractivity contribution in [1.29, 1.82) is 0 Å². The zero-order chi connectivity index (χ0) is 12.2. The molecule has 0 unspecified atom stereocenters. The molecule has 0 aliphatic rings. The number of hydrogen-bond donors (Lipinski definition) is 1. The Bertz CT molecular complexity index is 192. The molecule has 0 amide bonds. The fourth-order valence-corrected chi connectivity index (χ4v) is 1.68. The summed E-state index contributed by atoms with van der Waals surface area (Å²) in [6, 6.07) is 0. The quantitative estimate of drug-likeness (QED) is 0.379. The molecule has 0 saturated carbocycles. The van der Waals surface area contributed by atoms with Gasteiger partial charge in [0.15, 0.2) is 5.11 Å². The topological polar surface area (TPSA) is 15.3 Å². The molecule has 0 aromatic carbocycles. The van der Waals surface area contributed by atoms with Gasteiger partial charge in [-0.05, 0) is 31.5 Å². The van der Waals surface area contributed by atoms with Gasteiger partial charge in [0.05, 0.1) is 0 Å². The SMILES string of the molecule is C=CCCN(CCCC)C(=S)NCCCC. The smallest absolute Gasteiger partial charge is 0.168 e. The summed E-state index contributed by atoms with van der Waals surface area (Å²) in [6.45, 7) is 11.2. The molecule has 0 saturated heterocycles. The molecule has 1 N–H and O–H groups in total. The molecule has 0 aromatic rings. The van der Waals surface area contributed by atoms with Gasteiger partial charge in [-0.15, -0.1) is 6.58 Å². The van der Waals surface area contributed by atoms with E-state index in [2.05, 4.69) is 30.6 Å². The number of nitrogens with one attached hydrogen (secondary N) is 1. The highest BCUT2D eigenvalue weighted by Gasteiger charge is 2.06. The van der Waals surface area contributed by atoms with Crippen LogP contribution in [-0.2, 0) is 0 Å². The first kappa shape index (κ1) is 15.4. The summed E-state index contributed by atoms with van der Waals surface area (Å²) in [5.41, 5.74) is 0. The third-order valence-corrected chi connectivity index (χ3v) is 2.88. The van der Waals surface area contributed by atoms with Crippen molar-refractivity contribution in [3.05, 3.63) is 12.7 Å². The van der Waals surface area contributed by atoms with Crippen molar-refractivity contribution in [3.63, 3.8) is 0 Å². The molecule has 0 heterocycles. The van der Waals surface area contributed by atoms with Crippen LogP contribution in [0.5, 0.6) is 0 Å². The molecule has 0 rings (SSSR count). The Morgan fingerprint density at radius 2 is 1.94 bits per heavy atom. The van der Waals surface area contributed by atoms with Crippen LogP contribution in [0.2, 0.25) is 0 Å². The van der Waals surface area contributed by atoms with Crippen molar-refractivity contribution in [1.82, 2.24) is 10.2 Å². The molecule has 0 bridgehead atoms. The monoisotopic (exact) mass is 242 g/mol. The molecule has 0 radical (unpaired) electrons. The number of hydrogen-bond acceptors (Lipinski definition) is 1.